The van der Waals surface area contributed by atoms with Gasteiger partial charge in [0.2, 0.25) is 0 Å². The van der Waals surface area contributed by atoms with Crippen LogP contribution in [0.15, 0.2) is 28.9 Å². The van der Waals surface area contributed by atoms with Crippen LogP contribution in [0.1, 0.15) is 5.56 Å². The lowest BCUT2D eigenvalue weighted by atomic mass is 10.2. The summed E-state index contributed by atoms with van der Waals surface area (Å²) >= 11 is 9.46. The van der Waals surface area contributed by atoms with Crippen molar-refractivity contribution in [3.63, 3.8) is 0 Å². The number of methoxy groups -OCH3 is 1. The van der Waals surface area contributed by atoms with Gasteiger partial charge >= 0.3 is 0 Å². The first-order chi connectivity index (χ1) is 9.02. The number of nitrogens with one attached hydrogen (secondary N) is 1. The van der Waals surface area contributed by atoms with E-state index in [2.05, 4.69) is 26.2 Å². The Labute approximate surface area is 125 Å². The van der Waals surface area contributed by atoms with Gasteiger partial charge in [0.15, 0.2) is 0 Å². The van der Waals surface area contributed by atoms with E-state index in [0.717, 1.165) is 15.7 Å². The highest BCUT2D eigenvalue weighted by Crippen LogP contribution is 2.32. The van der Waals surface area contributed by atoms with Crippen LogP contribution >= 0.6 is 27.5 Å². The minimum absolute atomic E-state index is 0.563. The van der Waals surface area contributed by atoms with Crippen molar-refractivity contribution in [2.75, 3.05) is 18.2 Å². The van der Waals surface area contributed by atoms with Gasteiger partial charge in [-0.3, -0.25) is 0 Å². The lowest BCUT2D eigenvalue weighted by Gasteiger charge is -2.12. The summed E-state index contributed by atoms with van der Waals surface area (Å²) < 4.78 is 6.01. The summed E-state index contributed by atoms with van der Waals surface area (Å²) in [5, 5.41) is 3.75. The lowest BCUT2D eigenvalue weighted by Crippen LogP contribution is -1.99. The monoisotopic (exact) mass is 341 g/mol. The van der Waals surface area contributed by atoms with Gasteiger partial charge in [0.25, 0.3) is 0 Å². The molecule has 2 rings (SSSR count). The SMILES string of the molecule is COc1cc(Nc2ncc(N)c(C)c2Br)ccc1Cl. The predicted molar refractivity (Wildman–Crippen MR) is 82.4 cm³/mol. The normalized spacial score (nSPS) is 10.3. The zero-order valence-corrected chi connectivity index (χ0v) is 12.8. The van der Waals surface area contributed by atoms with Gasteiger partial charge in [-0.2, -0.15) is 0 Å². The summed E-state index contributed by atoms with van der Waals surface area (Å²) in [6.07, 6.45) is 1.62. The molecule has 1 aromatic heterocycles. The molecule has 0 radical (unpaired) electrons. The average Bonchev–Trinajstić information content (AvgIpc) is 2.41. The second-order valence-electron chi connectivity index (χ2n) is 3.98. The zero-order chi connectivity index (χ0) is 14.0. The Bertz CT molecular complexity index is 619. The third-order valence-electron chi connectivity index (χ3n) is 2.72. The maximum Gasteiger partial charge on any atom is 0.145 e. The second kappa shape index (κ2) is 5.67. The van der Waals surface area contributed by atoms with Crippen molar-refractivity contribution in [3.8, 4) is 5.75 Å². The number of rotatable bonds is 3. The van der Waals surface area contributed by atoms with E-state index in [-0.39, 0.29) is 0 Å². The first kappa shape index (κ1) is 14.0. The molecule has 100 valence electrons. The van der Waals surface area contributed by atoms with Crippen LogP contribution in [-0.2, 0) is 0 Å². The summed E-state index contributed by atoms with van der Waals surface area (Å²) in [4.78, 5) is 4.26. The first-order valence-electron chi connectivity index (χ1n) is 5.54. The van der Waals surface area contributed by atoms with E-state index in [1.165, 1.54) is 0 Å². The van der Waals surface area contributed by atoms with Gasteiger partial charge in [0, 0.05) is 11.8 Å². The van der Waals surface area contributed by atoms with E-state index in [1.54, 1.807) is 19.4 Å². The molecule has 19 heavy (non-hydrogen) atoms. The Morgan fingerprint density at radius 3 is 2.84 bits per heavy atom. The van der Waals surface area contributed by atoms with Crippen molar-refractivity contribution in [2.45, 2.75) is 6.92 Å². The van der Waals surface area contributed by atoms with E-state index in [9.17, 15) is 0 Å². The van der Waals surface area contributed by atoms with Crippen molar-refractivity contribution >= 4 is 44.7 Å². The fourth-order valence-corrected chi connectivity index (χ4v) is 2.18. The molecule has 0 fully saturated rings. The molecule has 0 saturated carbocycles. The number of aromatic nitrogens is 1. The van der Waals surface area contributed by atoms with E-state index in [4.69, 9.17) is 22.1 Å². The summed E-state index contributed by atoms with van der Waals surface area (Å²) in [5.74, 6) is 1.30. The lowest BCUT2D eigenvalue weighted by molar-refractivity contribution is 0.415. The van der Waals surface area contributed by atoms with Crippen molar-refractivity contribution < 1.29 is 4.74 Å². The Kier molecular flexibility index (Phi) is 4.17. The molecule has 0 saturated heterocycles. The molecule has 0 aliphatic heterocycles. The number of hydrogen-bond acceptors (Lipinski definition) is 4. The molecule has 0 atom stereocenters. The first-order valence-corrected chi connectivity index (χ1v) is 6.71. The summed E-state index contributed by atoms with van der Waals surface area (Å²) in [5.41, 5.74) is 8.21. The smallest absolute Gasteiger partial charge is 0.145 e. The average molecular weight is 343 g/mol. The third-order valence-corrected chi connectivity index (χ3v) is 4.00. The van der Waals surface area contributed by atoms with Crippen LogP contribution < -0.4 is 15.8 Å². The molecule has 0 bridgehead atoms. The Balaban J connectivity index is 2.34. The number of ether oxygens (including phenoxy) is 1. The molecule has 2 aromatic rings. The van der Waals surface area contributed by atoms with E-state index >= 15 is 0 Å². The summed E-state index contributed by atoms with van der Waals surface area (Å²) in [7, 11) is 1.58. The van der Waals surface area contributed by atoms with Crippen molar-refractivity contribution in [3.05, 3.63) is 39.5 Å². The quantitative estimate of drug-likeness (QED) is 0.880. The minimum Gasteiger partial charge on any atom is -0.495 e. The van der Waals surface area contributed by atoms with Crippen LogP contribution in [-0.4, -0.2) is 12.1 Å². The van der Waals surface area contributed by atoms with Crippen molar-refractivity contribution in [1.29, 1.82) is 0 Å². The molecular formula is C13H13BrClN3O. The fourth-order valence-electron chi connectivity index (χ4n) is 1.55. The maximum atomic E-state index is 5.98. The number of anilines is 3. The highest BCUT2D eigenvalue weighted by Gasteiger charge is 2.09. The van der Waals surface area contributed by atoms with Gasteiger partial charge < -0.3 is 15.8 Å². The van der Waals surface area contributed by atoms with Gasteiger partial charge in [0.1, 0.15) is 11.6 Å². The highest BCUT2D eigenvalue weighted by molar-refractivity contribution is 9.10. The number of pyridine rings is 1. The molecule has 4 nitrogen and oxygen atoms in total. The highest BCUT2D eigenvalue weighted by atomic mass is 79.9. The van der Waals surface area contributed by atoms with Gasteiger partial charge in [-0.25, -0.2) is 4.98 Å². The van der Waals surface area contributed by atoms with E-state index in [1.807, 2.05) is 19.1 Å². The topological polar surface area (TPSA) is 60.2 Å². The van der Waals surface area contributed by atoms with Crippen LogP contribution in [0.4, 0.5) is 17.2 Å². The fraction of sp³-hybridized carbons (Fsp3) is 0.154. The standard InChI is InChI=1S/C13H13BrClN3O/c1-7-10(16)6-17-13(12(7)14)18-8-3-4-9(15)11(5-8)19-2/h3-6H,16H2,1-2H3,(H,17,18). The molecule has 0 spiro atoms. The predicted octanol–water partition coefficient (Wildman–Crippen LogP) is 4.14. The largest absolute Gasteiger partial charge is 0.495 e. The molecule has 0 aliphatic rings. The van der Waals surface area contributed by atoms with Crippen LogP contribution in [0.5, 0.6) is 5.75 Å². The van der Waals surface area contributed by atoms with Gasteiger partial charge in [0.05, 0.1) is 28.5 Å². The van der Waals surface area contributed by atoms with Gasteiger partial charge in [-0.05, 0) is 40.5 Å². The second-order valence-corrected chi connectivity index (χ2v) is 5.18. The number of benzene rings is 1. The minimum atomic E-state index is 0.563. The molecule has 0 unspecified atom stereocenters. The molecule has 0 aliphatic carbocycles. The van der Waals surface area contributed by atoms with Crippen molar-refractivity contribution in [2.24, 2.45) is 0 Å². The molecule has 0 amide bonds. The van der Waals surface area contributed by atoms with E-state index in [0.29, 0.717) is 22.3 Å². The Morgan fingerprint density at radius 2 is 2.16 bits per heavy atom. The van der Waals surface area contributed by atoms with Gasteiger partial charge in [-0.1, -0.05) is 11.6 Å². The van der Waals surface area contributed by atoms with Crippen LogP contribution in [0.3, 0.4) is 0 Å². The van der Waals surface area contributed by atoms with Crippen LogP contribution in [0.2, 0.25) is 5.02 Å². The number of nitrogen functional groups attached to an aromatic ring is 1. The summed E-state index contributed by atoms with van der Waals surface area (Å²) in [6.45, 7) is 1.93. The molecule has 6 heteroatoms. The third kappa shape index (κ3) is 2.93. The van der Waals surface area contributed by atoms with Crippen molar-refractivity contribution in [1.82, 2.24) is 4.98 Å². The molecule has 3 N–H and O–H groups in total. The maximum absolute atomic E-state index is 5.98. The number of nitrogens with two attached hydrogens (primary N) is 1. The van der Waals surface area contributed by atoms with Crippen LogP contribution in [0, 0.1) is 6.92 Å². The number of hydrogen-bond donors (Lipinski definition) is 2. The number of halogens is 2. The van der Waals surface area contributed by atoms with Gasteiger partial charge in [-0.15, -0.1) is 0 Å². The molecule has 1 aromatic carbocycles. The number of nitrogens with zero attached hydrogens (tertiary/aromatic N) is 1. The Hall–Kier alpha value is -1.46. The zero-order valence-electron chi connectivity index (χ0n) is 10.5. The van der Waals surface area contributed by atoms with E-state index < -0.39 is 0 Å². The summed E-state index contributed by atoms with van der Waals surface area (Å²) in [6, 6.07) is 5.42. The van der Waals surface area contributed by atoms with Crippen LogP contribution in [0.25, 0.3) is 0 Å². The Morgan fingerprint density at radius 1 is 1.42 bits per heavy atom. The molecular weight excluding hydrogens is 330 g/mol. The molecule has 1 heterocycles.